The molecule has 6 nitrogen and oxygen atoms in total. The van der Waals surface area contributed by atoms with Crippen LogP contribution >= 0.6 is 23.1 Å². The number of rotatable bonds is 5. The Morgan fingerprint density at radius 2 is 1.87 bits per heavy atom. The van der Waals surface area contributed by atoms with Crippen LogP contribution in [-0.2, 0) is 19.2 Å². The number of fused-ring (bicyclic) bond motifs is 1. The highest BCUT2D eigenvalue weighted by Crippen LogP contribution is 2.38. The second kappa shape index (κ2) is 8.20. The second-order valence-corrected chi connectivity index (χ2v) is 9.49. The van der Waals surface area contributed by atoms with E-state index in [-0.39, 0.29) is 11.7 Å². The van der Waals surface area contributed by atoms with E-state index in [0.717, 1.165) is 34.1 Å². The number of aromatic nitrogens is 3. The third-order valence-electron chi connectivity index (χ3n) is 5.30. The number of hydrogen-bond donors (Lipinski definition) is 1. The quantitative estimate of drug-likeness (QED) is 0.455. The van der Waals surface area contributed by atoms with Gasteiger partial charge in [0, 0.05) is 53.7 Å². The maximum atomic E-state index is 13.3. The van der Waals surface area contributed by atoms with Gasteiger partial charge >= 0.3 is 0 Å². The maximum Gasteiger partial charge on any atom is 0.258 e. The van der Waals surface area contributed by atoms with E-state index in [1.807, 2.05) is 40.9 Å². The van der Waals surface area contributed by atoms with Crippen LogP contribution in [0.25, 0.3) is 5.00 Å². The summed E-state index contributed by atoms with van der Waals surface area (Å²) in [5, 5.41) is 3.98. The summed E-state index contributed by atoms with van der Waals surface area (Å²) in [7, 11) is 1.79. The number of hydrogen-bond acceptors (Lipinski definition) is 5. The summed E-state index contributed by atoms with van der Waals surface area (Å²) in [5.41, 5.74) is 3.10. The van der Waals surface area contributed by atoms with Crippen molar-refractivity contribution in [3.8, 4) is 5.00 Å². The van der Waals surface area contributed by atoms with Crippen molar-refractivity contribution >= 4 is 40.5 Å². The Kier molecular flexibility index (Phi) is 5.25. The van der Waals surface area contributed by atoms with E-state index < -0.39 is 0 Å². The average Bonchev–Trinajstić information content (AvgIpc) is 3.53. The molecule has 0 aliphatic carbocycles. The molecule has 1 aromatic carbocycles. The second-order valence-electron chi connectivity index (χ2n) is 7.30. The molecule has 0 unspecified atom stereocenters. The van der Waals surface area contributed by atoms with Crippen molar-refractivity contribution in [2.75, 3.05) is 11.1 Å². The SMILES string of the molecule is Cn1ccnc1C(=O)c1ccc(NC(=O)c2c(-n3cccc3)sc3c2CCSC3)cc1. The maximum absolute atomic E-state index is 13.3. The predicted octanol–water partition coefficient (Wildman–Crippen LogP) is 4.54. The fourth-order valence-electron chi connectivity index (χ4n) is 3.72. The molecule has 0 spiro atoms. The van der Waals surface area contributed by atoms with Gasteiger partial charge in [-0.05, 0) is 54.1 Å². The number of aryl methyl sites for hydroxylation is 1. The van der Waals surface area contributed by atoms with Gasteiger partial charge < -0.3 is 14.5 Å². The van der Waals surface area contributed by atoms with Crippen LogP contribution in [0.5, 0.6) is 0 Å². The van der Waals surface area contributed by atoms with Crippen molar-refractivity contribution < 1.29 is 9.59 Å². The van der Waals surface area contributed by atoms with Crippen LogP contribution in [-0.4, -0.2) is 31.6 Å². The smallest absolute Gasteiger partial charge is 0.258 e. The van der Waals surface area contributed by atoms with Crippen LogP contribution in [0.1, 0.15) is 37.0 Å². The number of anilines is 1. The highest BCUT2D eigenvalue weighted by Gasteiger charge is 2.26. The summed E-state index contributed by atoms with van der Waals surface area (Å²) >= 11 is 3.60. The molecule has 1 aliphatic heterocycles. The van der Waals surface area contributed by atoms with Gasteiger partial charge in [-0.15, -0.1) is 11.3 Å². The summed E-state index contributed by atoms with van der Waals surface area (Å²) in [4.78, 5) is 31.3. The van der Waals surface area contributed by atoms with Gasteiger partial charge in [-0.1, -0.05) is 0 Å². The molecule has 0 fully saturated rings. The number of carbonyl (C=O) groups excluding carboxylic acids is 2. The number of carbonyl (C=O) groups is 2. The van der Waals surface area contributed by atoms with E-state index in [4.69, 9.17) is 0 Å². The van der Waals surface area contributed by atoms with Crippen molar-refractivity contribution in [1.82, 2.24) is 14.1 Å². The Balaban J connectivity index is 1.41. The Morgan fingerprint density at radius 3 is 2.58 bits per heavy atom. The third kappa shape index (κ3) is 3.73. The largest absolute Gasteiger partial charge is 0.331 e. The van der Waals surface area contributed by atoms with E-state index in [1.165, 1.54) is 4.88 Å². The lowest BCUT2D eigenvalue weighted by Crippen LogP contribution is -2.17. The molecule has 1 aliphatic rings. The van der Waals surface area contributed by atoms with Gasteiger partial charge in [-0.2, -0.15) is 11.8 Å². The third-order valence-corrected chi connectivity index (χ3v) is 7.71. The molecule has 0 radical (unpaired) electrons. The van der Waals surface area contributed by atoms with E-state index >= 15 is 0 Å². The van der Waals surface area contributed by atoms with Gasteiger partial charge in [0.25, 0.3) is 5.91 Å². The molecule has 0 bridgehead atoms. The molecule has 0 saturated carbocycles. The van der Waals surface area contributed by atoms with Crippen LogP contribution in [0.3, 0.4) is 0 Å². The number of amides is 1. The van der Waals surface area contributed by atoms with E-state index in [2.05, 4.69) is 10.3 Å². The first-order chi connectivity index (χ1) is 15.1. The molecule has 8 heteroatoms. The Morgan fingerprint density at radius 1 is 1.10 bits per heavy atom. The number of benzene rings is 1. The zero-order valence-electron chi connectivity index (χ0n) is 16.9. The standard InChI is InChI=1S/C23H20N4O2S2/c1-26-12-9-24-21(26)20(28)15-4-6-16(7-5-15)25-22(29)19-17-8-13-30-14-18(17)31-23(19)27-10-2-3-11-27/h2-7,9-12H,8,13-14H2,1H3,(H,25,29). The number of thiophene rings is 1. The molecule has 4 heterocycles. The number of ketones is 1. The summed E-state index contributed by atoms with van der Waals surface area (Å²) < 4.78 is 3.70. The first-order valence-corrected chi connectivity index (χ1v) is 11.9. The first kappa shape index (κ1) is 19.8. The van der Waals surface area contributed by atoms with Crippen molar-refractivity contribution in [1.29, 1.82) is 0 Å². The zero-order valence-corrected chi connectivity index (χ0v) is 18.5. The van der Waals surface area contributed by atoms with Crippen LogP contribution in [0.2, 0.25) is 0 Å². The minimum atomic E-state index is -0.148. The van der Waals surface area contributed by atoms with Crippen molar-refractivity contribution in [2.45, 2.75) is 12.2 Å². The summed E-state index contributed by atoms with van der Waals surface area (Å²) in [6.07, 6.45) is 8.19. The van der Waals surface area contributed by atoms with Gasteiger partial charge in [-0.3, -0.25) is 9.59 Å². The van der Waals surface area contributed by atoms with Crippen LogP contribution in [0.4, 0.5) is 5.69 Å². The van der Waals surface area contributed by atoms with Gasteiger partial charge in [0.1, 0.15) is 5.00 Å². The van der Waals surface area contributed by atoms with Crippen molar-refractivity contribution in [2.24, 2.45) is 7.05 Å². The fourth-order valence-corrected chi connectivity index (χ4v) is 6.16. The highest BCUT2D eigenvalue weighted by atomic mass is 32.2. The molecular weight excluding hydrogens is 428 g/mol. The van der Waals surface area contributed by atoms with Crippen molar-refractivity contribution in [3.05, 3.63) is 88.6 Å². The highest BCUT2D eigenvalue weighted by molar-refractivity contribution is 7.98. The number of nitrogens with zero attached hydrogens (tertiary/aromatic N) is 3. The van der Waals surface area contributed by atoms with E-state index in [1.54, 1.807) is 59.6 Å². The summed E-state index contributed by atoms with van der Waals surface area (Å²) in [6.45, 7) is 0. The lowest BCUT2D eigenvalue weighted by molar-refractivity contribution is 0.101. The summed E-state index contributed by atoms with van der Waals surface area (Å²) in [6, 6.07) is 10.9. The molecule has 3 aromatic heterocycles. The molecule has 0 atom stereocenters. The van der Waals surface area contributed by atoms with Crippen molar-refractivity contribution in [3.63, 3.8) is 0 Å². The van der Waals surface area contributed by atoms with Gasteiger partial charge in [0.2, 0.25) is 5.78 Å². The monoisotopic (exact) mass is 448 g/mol. The molecule has 0 saturated heterocycles. The van der Waals surface area contributed by atoms with Crippen LogP contribution in [0, 0.1) is 0 Å². The van der Waals surface area contributed by atoms with Gasteiger partial charge in [0.15, 0.2) is 5.82 Å². The van der Waals surface area contributed by atoms with Gasteiger partial charge in [0.05, 0.1) is 5.56 Å². The zero-order chi connectivity index (χ0) is 21.4. The lowest BCUT2D eigenvalue weighted by atomic mass is 10.1. The molecule has 1 amide bonds. The molecule has 156 valence electrons. The Labute approximate surface area is 187 Å². The van der Waals surface area contributed by atoms with E-state index in [9.17, 15) is 9.59 Å². The Hall–Kier alpha value is -3.10. The molecular formula is C23H20N4O2S2. The number of nitrogens with one attached hydrogen (secondary N) is 1. The number of imidazole rings is 1. The van der Waals surface area contributed by atoms with E-state index in [0.29, 0.717) is 17.1 Å². The fraction of sp³-hybridized carbons (Fsp3) is 0.174. The van der Waals surface area contributed by atoms with Gasteiger partial charge in [-0.25, -0.2) is 4.98 Å². The lowest BCUT2D eigenvalue weighted by Gasteiger charge is -2.13. The van der Waals surface area contributed by atoms with Crippen LogP contribution < -0.4 is 5.32 Å². The minimum absolute atomic E-state index is 0.115. The Bertz CT molecular complexity index is 1250. The predicted molar refractivity (Wildman–Crippen MR) is 125 cm³/mol. The first-order valence-electron chi connectivity index (χ1n) is 9.91. The normalized spacial score (nSPS) is 13.1. The number of thioether (sulfide) groups is 1. The molecule has 5 rings (SSSR count). The van der Waals surface area contributed by atoms with Crippen LogP contribution in [0.15, 0.2) is 61.2 Å². The molecule has 4 aromatic rings. The minimum Gasteiger partial charge on any atom is -0.331 e. The topological polar surface area (TPSA) is 68.9 Å². The summed E-state index contributed by atoms with van der Waals surface area (Å²) in [5.74, 6) is 2.10. The molecule has 1 N–H and O–H groups in total. The average molecular weight is 449 g/mol. The molecule has 31 heavy (non-hydrogen) atoms.